The van der Waals surface area contributed by atoms with Gasteiger partial charge in [-0.15, -0.1) is 0 Å². The van der Waals surface area contributed by atoms with Gasteiger partial charge >= 0.3 is 0 Å². The van der Waals surface area contributed by atoms with E-state index in [2.05, 4.69) is 0 Å². The first-order valence-corrected chi connectivity index (χ1v) is 5.21. The topological polar surface area (TPSA) is 40.5 Å². The summed E-state index contributed by atoms with van der Waals surface area (Å²) in [6, 6.07) is 14.5. The fraction of sp³-hybridized carbons (Fsp3) is 0.143. The maximum Gasteiger partial charge on any atom is 0.115 e. The number of aryl methyl sites for hydroxylation is 1. The van der Waals surface area contributed by atoms with Gasteiger partial charge in [0.2, 0.25) is 0 Å². The van der Waals surface area contributed by atoms with Gasteiger partial charge in [0.15, 0.2) is 0 Å². The SMILES string of the molecule is Cc1cc(O)ccc1C(O)c1ccccc1. The number of phenolic OH excluding ortho intramolecular Hbond substituents is 1. The van der Waals surface area contributed by atoms with Gasteiger partial charge in [-0.3, -0.25) is 0 Å². The zero-order valence-corrected chi connectivity index (χ0v) is 9.09. The second-order valence-electron chi connectivity index (χ2n) is 3.85. The molecule has 1 atom stereocenters. The summed E-state index contributed by atoms with van der Waals surface area (Å²) in [6.07, 6.45) is -0.637. The molecule has 2 heteroatoms. The molecule has 0 aliphatic rings. The summed E-state index contributed by atoms with van der Waals surface area (Å²) in [4.78, 5) is 0. The molecule has 0 spiro atoms. The average Bonchev–Trinajstić information content (AvgIpc) is 2.29. The van der Waals surface area contributed by atoms with E-state index in [-0.39, 0.29) is 5.75 Å². The van der Waals surface area contributed by atoms with Crippen molar-refractivity contribution in [1.82, 2.24) is 0 Å². The number of aliphatic hydroxyl groups is 1. The van der Waals surface area contributed by atoms with Crippen LogP contribution in [0.15, 0.2) is 48.5 Å². The molecule has 2 aromatic rings. The van der Waals surface area contributed by atoms with Crippen LogP contribution in [0.25, 0.3) is 0 Å². The highest BCUT2D eigenvalue weighted by Crippen LogP contribution is 2.26. The molecule has 0 fully saturated rings. The summed E-state index contributed by atoms with van der Waals surface area (Å²) in [5.41, 5.74) is 2.57. The van der Waals surface area contributed by atoms with E-state index in [9.17, 15) is 10.2 Å². The lowest BCUT2D eigenvalue weighted by molar-refractivity contribution is 0.219. The molecule has 0 aromatic heterocycles. The third-order valence-corrected chi connectivity index (χ3v) is 2.66. The Bertz CT molecular complexity index is 477. The van der Waals surface area contributed by atoms with Crippen molar-refractivity contribution in [2.24, 2.45) is 0 Å². The molecule has 0 saturated heterocycles. The molecule has 2 rings (SSSR count). The third kappa shape index (κ3) is 2.07. The lowest BCUT2D eigenvalue weighted by Gasteiger charge is -2.14. The highest BCUT2D eigenvalue weighted by molar-refractivity contribution is 5.39. The number of rotatable bonds is 2. The van der Waals surface area contributed by atoms with E-state index in [1.165, 1.54) is 0 Å². The summed E-state index contributed by atoms with van der Waals surface area (Å²) >= 11 is 0. The van der Waals surface area contributed by atoms with Gasteiger partial charge in [0, 0.05) is 0 Å². The van der Waals surface area contributed by atoms with Crippen LogP contribution >= 0.6 is 0 Å². The molecular weight excluding hydrogens is 200 g/mol. The minimum absolute atomic E-state index is 0.224. The van der Waals surface area contributed by atoms with Gasteiger partial charge in [0.25, 0.3) is 0 Å². The number of hydrogen-bond acceptors (Lipinski definition) is 2. The van der Waals surface area contributed by atoms with Crippen molar-refractivity contribution in [3.63, 3.8) is 0 Å². The van der Waals surface area contributed by atoms with Crippen LogP contribution < -0.4 is 0 Å². The van der Waals surface area contributed by atoms with Gasteiger partial charge in [-0.2, -0.15) is 0 Å². The van der Waals surface area contributed by atoms with Gasteiger partial charge in [0.1, 0.15) is 11.9 Å². The Hall–Kier alpha value is -1.80. The fourth-order valence-corrected chi connectivity index (χ4v) is 1.78. The van der Waals surface area contributed by atoms with Gasteiger partial charge in [-0.1, -0.05) is 36.4 Å². The monoisotopic (exact) mass is 214 g/mol. The number of aromatic hydroxyl groups is 1. The number of hydrogen-bond donors (Lipinski definition) is 2. The van der Waals surface area contributed by atoms with Gasteiger partial charge in [0.05, 0.1) is 0 Å². The Morgan fingerprint density at radius 2 is 1.69 bits per heavy atom. The molecule has 0 heterocycles. The summed E-state index contributed by atoms with van der Waals surface area (Å²) in [5, 5.41) is 19.5. The number of phenols is 1. The van der Waals surface area contributed by atoms with Crippen LogP contribution in [0.1, 0.15) is 22.8 Å². The molecule has 0 amide bonds. The van der Waals surface area contributed by atoms with E-state index in [0.717, 1.165) is 16.7 Å². The summed E-state index contributed by atoms with van der Waals surface area (Å²) in [6.45, 7) is 1.88. The van der Waals surface area contributed by atoms with E-state index in [4.69, 9.17) is 0 Å². The summed E-state index contributed by atoms with van der Waals surface area (Å²) in [7, 11) is 0. The molecule has 0 radical (unpaired) electrons. The van der Waals surface area contributed by atoms with Gasteiger partial charge in [-0.05, 0) is 35.7 Å². The molecule has 0 aliphatic carbocycles. The van der Waals surface area contributed by atoms with Crippen molar-refractivity contribution in [2.75, 3.05) is 0 Å². The predicted octanol–water partition coefficient (Wildman–Crippen LogP) is 2.78. The fourth-order valence-electron chi connectivity index (χ4n) is 1.78. The first-order chi connectivity index (χ1) is 7.68. The van der Waals surface area contributed by atoms with Crippen molar-refractivity contribution >= 4 is 0 Å². The van der Waals surface area contributed by atoms with Crippen LogP contribution in [-0.4, -0.2) is 10.2 Å². The molecule has 16 heavy (non-hydrogen) atoms. The molecule has 2 aromatic carbocycles. The van der Waals surface area contributed by atoms with Crippen LogP contribution in [0.4, 0.5) is 0 Å². The predicted molar refractivity (Wildman–Crippen MR) is 63.3 cm³/mol. The molecule has 0 aliphatic heterocycles. The van der Waals surface area contributed by atoms with Crippen molar-refractivity contribution in [3.05, 3.63) is 65.2 Å². The van der Waals surface area contributed by atoms with Gasteiger partial charge in [-0.25, -0.2) is 0 Å². The van der Waals surface area contributed by atoms with E-state index in [0.29, 0.717) is 0 Å². The first-order valence-electron chi connectivity index (χ1n) is 5.21. The third-order valence-electron chi connectivity index (χ3n) is 2.66. The maximum absolute atomic E-state index is 10.2. The molecule has 0 saturated carbocycles. The molecule has 2 nitrogen and oxygen atoms in total. The van der Waals surface area contributed by atoms with E-state index in [1.807, 2.05) is 37.3 Å². The average molecular weight is 214 g/mol. The summed E-state index contributed by atoms with van der Waals surface area (Å²) in [5.74, 6) is 0.224. The standard InChI is InChI=1S/C14H14O2/c1-10-9-12(15)7-8-13(10)14(16)11-5-3-2-4-6-11/h2-9,14-16H,1H3. The highest BCUT2D eigenvalue weighted by atomic mass is 16.3. The summed E-state index contributed by atoms with van der Waals surface area (Å²) < 4.78 is 0. The molecule has 82 valence electrons. The van der Waals surface area contributed by atoms with E-state index >= 15 is 0 Å². The van der Waals surface area contributed by atoms with Crippen LogP contribution in [0.5, 0.6) is 5.75 Å². The maximum atomic E-state index is 10.2. The minimum atomic E-state index is -0.637. The minimum Gasteiger partial charge on any atom is -0.508 e. The highest BCUT2D eigenvalue weighted by Gasteiger charge is 2.12. The Morgan fingerprint density at radius 3 is 2.31 bits per heavy atom. The quantitative estimate of drug-likeness (QED) is 0.807. The van der Waals surface area contributed by atoms with Crippen molar-refractivity contribution < 1.29 is 10.2 Å². The van der Waals surface area contributed by atoms with Crippen molar-refractivity contribution in [3.8, 4) is 5.75 Å². The molecule has 2 N–H and O–H groups in total. The smallest absolute Gasteiger partial charge is 0.115 e. The van der Waals surface area contributed by atoms with E-state index < -0.39 is 6.10 Å². The Balaban J connectivity index is 2.38. The van der Waals surface area contributed by atoms with Crippen LogP contribution in [0.3, 0.4) is 0 Å². The second-order valence-corrected chi connectivity index (χ2v) is 3.85. The van der Waals surface area contributed by atoms with Crippen LogP contribution in [-0.2, 0) is 0 Å². The number of aliphatic hydroxyl groups excluding tert-OH is 1. The Morgan fingerprint density at radius 1 is 1.00 bits per heavy atom. The van der Waals surface area contributed by atoms with Gasteiger partial charge < -0.3 is 10.2 Å². The molecule has 0 bridgehead atoms. The zero-order chi connectivity index (χ0) is 11.5. The second kappa shape index (κ2) is 4.37. The van der Waals surface area contributed by atoms with E-state index in [1.54, 1.807) is 18.2 Å². The van der Waals surface area contributed by atoms with Crippen molar-refractivity contribution in [2.45, 2.75) is 13.0 Å². The Labute approximate surface area is 94.8 Å². The van der Waals surface area contributed by atoms with Crippen LogP contribution in [0.2, 0.25) is 0 Å². The van der Waals surface area contributed by atoms with Crippen LogP contribution in [0, 0.1) is 6.92 Å². The Kier molecular flexibility index (Phi) is 2.93. The molecule has 1 unspecified atom stereocenters. The molecular formula is C14H14O2. The normalized spacial score (nSPS) is 12.4. The first kappa shape index (κ1) is 10.7. The van der Waals surface area contributed by atoms with Crippen molar-refractivity contribution in [1.29, 1.82) is 0 Å². The number of benzene rings is 2. The lowest BCUT2D eigenvalue weighted by atomic mass is 9.97. The zero-order valence-electron chi connectivity index (χ0n) is 9.09. The largest absolute Gasteiger partial charge is 0.508 e. The lowest BCUT2D eigenvalue weighted by Crippen LogP contribution is -2.01.